The van der Waals surface area contributed by atoms with Gasteiger partial charge in [0.2, 0.25) is 5.91 Å². The highest BCUT2D eigenvalue weighted by Gasteiger charge is 2.15. The van der Waals surface area contributed by atoms with E-state index in [-0.39, 0.29) is 5.91 Å². The standard InChI is InChI=1S/C22H36N4O2/c1-4-6-21(27)25-20-9-7-19(8-10-20)17-24-22(23-5-2)26(3)14-11-18-12-15-28-16-13-18/h7-10,18H,4-6,11-17H2,1-3H3,(H,23,24)(H,25,27). The second kappa shape index (κ2) is 12.4. The lowest BCUT2D eigenvalue weighted by Crippen LogP contribution is -2.40. The second-order valence-electron chi connectivity index (χ2n) is 7.43. The van der Waals surface area contributed by atoms with E-state index < -0.39 is 0 Å². The van der Waals surface area contributed by atoms with Gasteiger partial charge in [-0.1, -0.05) is 19.1 Å². The third-order valence-electron chi connectivity index (χ3n) is 5.04. The topological polar surface area (TPSA) is 66.0 Å². The number of nitrogens with one attached hydrogen (secondary N) is 2. The van der Waals surface area contributed by atoms with Crippen LogP contribution in [0.25, 0.3) is 0 Å². The molecule has 0 atom stereocenters. The summed E-state index contributed by atoms with van der Waals surface area (Å²) in [5.74, 6) is 1.76. The summed E-state index contributed by atoms with van der Waals surface area (Å²) in [6.07, 6.45) is 4.92. The van der Waals surface area contributed by atoms with Crippen LogP contribution in [-0.4, -0.2) is 50.1 Å². The van der Waals surface area contributed by atoms with Crippen molar-refractivity contribution in [2.75, 3.05) is 38.7 Å². The van der Waals surface area contributed by atoms with Crippen molar-refractivity contribution in [1.29, 1.82) is 0 Å². The molecule has 1 aliphatic heterocycles. The highest BCUT2D eigenvalue weighted by Crippen LogP contribution is 2.18. The van der Waals surface area contributed by atoms with Gasteiger partial charge in [-0.05, 0) is 56.2 Å². The quantitative estimate of drug-likeness (QED) is 0.501. The molecule has 0 aliphatic carbocycles. The van der Waals surface area contributed by atoms with E-state index in [0.29, 0.717) is 13.0 Å². The molecule has 1 aromatic rings. The number of aliphatic imine (C=N–C) groups is 1. The van der Waals surface area contributed by atoms with E-state index >= 15 is 0 Å². The van der Waals surface area contributed by atoms with Gasteiger partial charge in [0.25, 0.3) is 0 Å². The van der Waals surface area contributed by atoms with Crippen molar-refractivity contribution >= 4 is 17.6 Å². The Morgan fingerprint density at radius 3 is 2.57 bits per heavy atom. The predicted octanol–water partition coefficient (Wildman–Crippen LogP) is 3.64. The van der Waals surface area contributed by atoms with Crippen LogP contribution in [0.3, 0.4) is 0 Å². The minimum Gasteiger partial charge on any atom is -0.381 e. The molecule has 0 bridgehead atoms. The Kier molecular flexibility index (Phi) is 9.83. The van der Waals surface area contributed by atoms with E-state index in [1.54, 1.807) is 0 Å². The number of rotatable bonds is 9. The minimum atomic E-state index is 0.0638. The number of guanidine groups is 1. The maximum atomic E-state index is 11.7. The molecular formula is C22H36N4O2. The zero-order valence-electron chi connectivity index (χ0n) is 17.7. The Hall–Kier alpha value is -2.08. The summed E-state index contributed by atoms with van der Waals surface area (Å²) >= 11 is 0. The van der Waals surface area contributed by atoms with Crippen LogP contribution in [-0.2, 0) is 16.1 Å². The molecule has 1 heterocycles. The molecule has 6 heteroatoms. The molecule has 0 saturated carbocycles. The van der Waals surface area contributed by atoms with Gasteiger partial charge in [0.1, 0.15) is 0 Å². The number of hydrogen-bond donors (Lipinski definition) is 2. The van der Waals surface area contributed by atoms with Gasteiger partial charge in [-0.3, -0.25) is 4.79 Å². The van der Waals surface area contributed by atoms with Crippen molar-refractivity contribution in [3.05, 3.63) is 29.8 Å². The van der Waals surface area contributed by atoms with E-state index in [1.807, 2.05) is 31.2 Å². The van der Waals surface area contributed by atoms with E-state index in [4.69, 9.17) is 9.73 Å². The molecule has 0 aromatic heterocycles. The average molecular weight is 389 g/mol. The van der Waals surface area contributed by atoms with Crippen LogP contribution in [0.5, 0.6) is 0 Å². The molecule has 2 N–H and O–H groups in total. The first-order valence-corrected chi connectivity index (χ1v) is 10.6. The molecular weight excluding hydrogens is 352 g/mol. The van der Waals surface area contributed by atoms with Crippen LogP contribution in [0.15, 0.2) is 29.3 Å². The molecule has 2 rings (SSSR count). The molecule has 1 aromatic carbocycles. The lowest BCUT2D eigenvalue weighted by atomic mass is 9.96. The summed E-state index contributed by atoms with van der Waals surface area (Å²) in [4.78, 5) is 18.7. The summed E-state index contributed by atoms with van der Waals surface area (Å²) in [7, 11) is 2.10. The molecule has 156 valence electrons. The molecule has 0 spiro atoms. The summed E-state index contributed by atoms with van der Waals surface area (Å²) in [6.45, 7) is 8.36. The van der Waals surface area contributed by atoms with Crippen molar-refractivity contribution in [2.24, 2.45) is 10.9 Å². The molecule has 0 radical (unpaired) electrons. The van der Waals surface area contributed by atoms with Crippen LogP contribution >= 0.6 is 0 Å². The first-order valence-electron chi connectivity index (χ1n) is 10.6. The van der Waals surface area contributed by atoms with E-state index in [9.17, 15) is 4.79 Å². The van der Waals surface area contributed by atoms with Gasteiger partial charge in [0.15, 0.2) is 5.96 Å². The van der Waals surface area contributed by atoms with Gasteiger partial charge in [-0.2, -0.15) is 0 Å². The molecule has 1 amide bonds. The number of ether oxygens (including phenoxy) is 1. The van der Waals surface area contributed by atoms with Crippen LogP contribution in [0.1, 0.15) is 51.5 Å². The Balaban J connectivity index is 1.87. The largest absolute Gasteiger partial charge is 0.381 e. The number of carbonyl (C=O) groups is 1. The lowest BCUT2D eigenvalue weighted by Gasteiger charge is -2.26. The maximum absolute atomic E-state index is 11.7. The number of anilines is 1. The minimum absolute atomic E-state index is 0.0638. The fraction of sp³-hybridized carbons (Fsp3) is 0.636. The second-order valence-corrected chi connectivity index (χ2v) is 7.43. The summed E-state index contributed by atoms with van der Waals surface area (Å²) < 4.78 is 5.45. The van der Waals surface area contributed by atoms with E-state index in [2.05, 4.69) is 29.5 Å². The van der Waals surface area contributed by atoms with E-state index in [0.717, 1.165) is 55.9 Å². The summed E-state index contributed by atoms with van der Waals surface area (Å²) in [5.41, 5.74) is 1.97. The highest BCUT2D eigenvalue weighted by molar-refractivity contribution is 5.90. The van der Waals surface area contributed by atoms with Crippen molar-refractivity contribution in [1.82, 2.24) is 10.2 Å². The third kappa shape index (κ3) is 7.89. The van der Waals surface area contributed by atoms with Crippen molar-refractivity contribution in [3.63, 3.8) is 0 Å². The molecule has 1 saturated heterocycles. The van der Waals surface area contributed by atoms with Gasteiger partial charge in [0.05, 0.1) is 6.54 Å². The summed E-state index contributed by atoms with van der Waals surface area (Å²) in [5, 5.41) is 6.30. The molecule has 6 nitrogen and oxygen atoms in total. The van der Waals surface area contributed by atoms with Gasteiger partial charge in [-0.15, -0.1) is 0 Å². The van der Waals surface area contributed by atoms with Gasteiger partial charge >= 0.3 is 0 Å². The van der Waals surface area contributed by atoms with Crippen LogP contribution < -0.4 is 10.6 Å². The number of amides is 1. The fourth-order valence-electron chi connectivity index (χ4n) is 3.30. The first-order chi connectivity index (χ1) is 13.6. The van der Waals surface area contributed by atoms with E-state index in [1.165, 1.54) is 19.3 Å². The van der Waals surface area contributed by atoms with Gasteiger partial charge < -0.3 is 20.3 Å². The Morgan fingerprint density at radius 2 is 1.93 bits per heavy atom. The molecule has 1 aliphatic rings. The van der Waals surface area contributed by atoms with Crippen molar-refractivity contribution in [2.45, 2.75) is 52.5 Å². The Bertz CT molecular complexity index is 609. The smallest absolute Gasteiger partial charge is 0.224 e. The number of nitrogens with zero attached hydrogens (tertiary/aromatic N) is 2. The normalized spacial score (nSPS) is 15.3. The zero-order chi connectivity index (χ0) is 20.2. The summed E-state index contributed by atoms with van der Waals surface area (Å²) in [6, 6.07) is 7.94. The maximum Gasteiger partial charge on any atom is 0.224 e. The highest BCUT2D eigenvalue weighted by atomic mass is 16.5. The van der Waals surface area contributed by atoms with Crippen LogP contribution in [0.2, 0.25) is 0 Å². The third-order valence-corrected chi connectivity index (χ3v) is 5.04. The van der Waals surface area contributed by atoms with Crippen LogP contribution in [0, 0.1) is 5.92 Å². The van der Waals surface area contributed by atoms with Crippen LogP contribution in [0.4, 0.5) is 5.69 Å². The van der Waals surface area contributed by atoms with Gasteiger partial charge in [0, 0.05) is 45.5 Å². The lowest BCUT2D eigenvalue weighted by molar-refractivity contribution is -0.116. The SMILES string of the molecule is CCCC(=O)Nc1ccc(CN=C(NCC)N(C)CCC2CCOCC2)cc1. The molecule has 1 fully saturated rings. The predicted molar refractivity (Wildman–Crippen MR) is 116 cm³/mol. The molecule has 0 unspecified atom stereocenters. The first kappa shape index (κ1) is 22.2. The fourth-order valence-corrected chi connectivity index (χ4v) is 3.30. The average Bonchev–Trinajstić information content (AvgIpc) is 2.71. The number of carbonyl (C=O) groups excluding carboxylic acids is 1. The zero-order valence-corrected chi connectivity index (χ0v) is 17.7. The Labute approximate surface area is 169 Å². The van der Waals surface area contributed by atoms with Crippen molar-refractivity contribution < 1.29 is 9.53 Å². The Morgan fingerprint density at radius 1 is 1.21 bits per heavy atom. The van der Waals surface area contributed by atoms with Crippen molar-refractivity contribution in [3.8, 4) is 0 Å². The monoisotopic (exact) mass is 388 g/mol. The van der Waals surface area contributed by atoms with Gasteiger partial charge in [-0.25, -0.2) is 4.99 Å². The number of benzene rings is 1. The molecule has 28 heavy (non-hydrogen) atoms. The number of hydrogen-bond acceptors (Lipinski definition) is 3.